The molecule has 1 saturated heterocycles. The van der Waals surface area contributed by atoms with E-state index in [2.05, 4.69) is 10.4 Å². The van der Waals surface area contributed by atoms with Gasteiger partial charge in [0.05, 0.1) is 12.2 Å². The number of anilines is 1. The van der Waals surface area contributed by atoms with Crippen LogP contribution in [0.1, 0.15) is 34.7 Å². The standard InChI is InChI=1S/C18H22N4O4/c1-11-9-22(10-12(2)26-11)18(25)13-4-6-14(7-5-13)19-17(24)15-8-16(23)20-21(15)3/h4-8,11-12H,9-10H2,1-3H3,(H,19,24)(H,20,23). The largest absolute Gasteiger partial charge is 0.372 e. The van der Waals surface area contributed by atoms with Crippen LogP contribution in [0.3, 0.4) is 0 Å². The van der Waals surface area contributed by atoms with Crippen molar-refractivity contribution >= 4 is 17.5 Å². The summed E-state index contributed by atoms with van der Waals surface area (Å²) in [6, 6.07) is 7.93. The van der Waals surface area contributed by atoms with Gasteiger partial charge in [-0.2, -0.15) is 0 Å². The zero-order valence-corrected chi connectivity index (χ0v) is 15.0. The van der Waals surface area contributed by atoms with Gasteiger partial charge in [0.1, 0.15) is 5.69 Å². The Labute approximate surface area is 150 Å². The first-order valence-electron chi connectivity index (χ1n) is 8.45. The van der Waals surface area contributed by atoms with Crippen molar-refractivity contribution in [1.29, 1.82) is 0 Å². The lowest BCUT2D eigenvalue weighted by molar-refractivity contribution is -0.0586. The maximum absolute atomic E-state index is 12.6. The van der Waals surface area contributed by atoms with Gasteiger partial charge in [-0.25, -0.2) is 0 Å². The monoisotopic (exact) mass is 358 g/mol. The summed E-state index contributed by atoms with van der Waals surface area (Å²) in [5, 5.41) is 5.19. The quantitative estimate of drug-likeness (QED) is 0.862. The number of benzene rings is 1. The van der Waals surface area contributed by atoms with Crippen molar-refractivity contribution in [3.63, 3.8) is 0 Å². The third kappa shape index (κ3) is 3.85. The first-order valence-corrected chi connectivity index (χ1v) is 8.45. The van der Waals surface area contributed by atoms with Crippen LogP contribution in [0.5, 0.6) is 0 Å². The van der Waals surface area contributed by atoms with Crippen molar-refractivity contribution in [3.05, 3.63) is 51.9 Å². The van der Waals surface area contributed by atoms with Crippen LogP contribution in [0, 0.1) is 0 Å². The maximum Gasteiger partial charge on any atom is 0.273 e. The Morgan fingerprint density at radius 2 is 1.77 bits per heavy atom. The summed E-state index contributed by atoms with van der Waals surface area (Å²) in [5.74, 6) is -0.460. The van der Waals surface area contributed by atoms with E-state index in [0.717, 1.165) is 0 Å². The van der Waals surface area contributed by atoms with Crippen LogP contribution >= 0.6 is 0 Å². The second-order valence-corrected chi connectivity index (χ2v) is 6.56. The molecule has 2 amide bonds. The number of morpholine rings is 1. The van der Waals surface area contributed by atoms with E-state index in [1.54, 1.807) is 36.2 Å². The van der Waals surface area contributed by atoms with E-state index in [1.807, 2.05) is 13.8 Å². The molecule has 2 N–H and O–H groups in total. The molecule has 2 atom stereocenters. The molecular formula is C18H22N4O4. The van der Waals surface area contributed by atoms with Crippen LogP contribution in [-0.4, -0.2) is 51.8 Å². The van der Waals surface area contributed by atoms with Crippen molar-refractivity contribution in [3.8, 4) is 0 Å². The van der Waals surface area contributed by atoms with E-state index in [1.165, 1.54) is 10.7 Å². The van der Waals surface area contributed by atoms with Crippen molar-refractivity contribution in [1.82, 2.24) is 14.7 Å². The molecule has 3 rings (SSSR count). The van der Waals surface area contributed by atoms with E-state index in [4.69, 9.17) is 4.74 Å². The Bertz CT molecular complexity index is 858. The van der Waals surface area contributed by atoms with E-state index in [-0.39, 0.29) is 29.4 Å². The maximum atomic E-state index is 12.6. The second-order valence-electron chi connectivity index (χ2n) is 6.56. The fourth-order valence-electron chi connectivity index (χ4n) is 3.11. The number of carbonyl (C=O) groups is 2. The fraction of sp³-hybridized carbons (Fsp3) is 0.389. The molecule has 0 bridgehead atoms. The van der Waals surface area contributed by atoms with Gasteiger partial charge < -0.3 is 15.0 Å². The zero-order valence-electron chi connectivity index (χ0n) is 15.0. The molecule has 138 valence electrons. The molecule has 1 aromatic carbocycles. The predicted octanol–water partition coefficient (Wildman–Crippen LogP) is 1.22. The lowest BCUT2D eigenvalue weighted by Crippen LogP contribution is -2.48. The number of H-pyrrole nitrogens is 1. The van der Waals surface area contributed by atoms with Crippen LogP contribution in [0.15, 0.2) is 35.1 Å². The number of hydrogen-bond acceptors (Lipinski definition) is 4. The van der Waals surface area contributed by atoms with Gasteiger partial charge in [0, 0.05) is 37.5 Å². The smallest absolute Gasteiger partial charge is 0.273 e. The Kier molecular flexibility index (Phi) is 4.94. The van der Waals surface area contributed by atoms with Crippen LogP contribution in [0.4, 0.5) is 5.69 Å². The number of rotatable bonds is 3. The van der Waals surface area contributed by atoms with Gasteiger partial charge in [0.2, 0.25) is 0 Å². The van der Waals surface area contributed by atoms with Crippen LogP contribution in [-0.2, 0) is 11.8 Å². The summed E-state index contributed by atoms with van der Waals surface area (Å²) >= 11 is 0. The number of carbonyl (C=O) groups excluding carboxylic acids is 2. The average molecular weight is 358 g/mol. The van der Waals surface area contributed by atoms with E-state index < -0.39 is 5.91 Å². The third-order valence-electron chi connectivity index (χ3n) is 4.24. The minimum absolute atomic E-state index is 0.00857. The Morgan fingerprint density at radius 3 is 2.31 bits per heavy atom. The summed E-state index contributed by atoms with van der Waals surface area (Å²) in [6.45, 7) is 5.01. The lowest BCUT2D eigenvalue weighted by atomic mass is 10.1. The highest BCUT2D eigenvalue weighted by Crippen LogP contribution is 2.16. The second kappa shape index (κ2) is 7.17. The molecule has 0 spiro atoms. The summed E-state index contributed by atoms with van der Waals surface area (Å²) in [6.07, 6.45) is 0.0171. The number of aromatic nitrogens is 2. The number of amides is 2. The van der Waals surface area contributed by atoms with Crippen molar-refractivity contribution in [2.75, 3.05) is 18.4 Å². The van der Waals surface area contributed by atoms with Crippen LogP contribution in [0.25, 0.3) is 0 Å². The van der Waals surface area contributed by atoms with E-state index in [9.17, 15) is 14.4 Å². The molecule has 0 radical (unpaired) electrons. The number of nitrogens with zero attached hydrogens (tertiary/aromatic N) is 2. The fourth-order valence-corrected chi connectivity index (χ4v) is 3.11. The minimum Gasteiger partial charge on any atom is -0.372 e. The van der Waals surface area contributed by atoms with Crippen LogP contribution < -0.4 is 10.9 Å². The molecule has 8 heteroatoms. The number of aromatic amines is 1. The molecular weight excluding hydrogens is 336 g/mol. The van der Waals surface area contributed by atoms with Crippen molar-refractivity contribution in [2.45, 2.75) is 26.1 Å². The molecule has 1 aromatic heterocycles. The number of aryl methyl sites for hydroxylation is 1. The molecule has 26 heavy (non-hydrogen) atoms. The van der Waals surface area contributed by atoms with Gasteiger partial charge in [-0.15, -0.1) is 0 Å². The Balaban J connectivity index is 1.68. The number of ether oxygens (including phenoxy) is 1. The van der Waals surface area contributed by atoms with E-state index >= 15 is 0 Å². The number of hydrogen-bond donors (Lipinski definition) is 2. The predicted molar refractivity (Wildman–Crippen MR) is 96.3 cm³/mol. The third-order valence-corrected chi connectivity index (χ3v) is 4.24. The van der Waals surface area contributed by atoms with Gasteiger partial charge in [-0.3, -0.25) is 24.2 Å². The molecule has 0 saturated carbocycles. The van der Waals surface area contributed by atoms with Crippen LogP contribution in [0.2, 0.25) is 0 Å². The molecule has 8 nitrogen and oxygen atoms in total. The Morgan fingerprint density at radius 1 is 1.15 bits per heavy atom. The molecule has 2 aromatic rings. The van der Waals surface area contributed by atoms with Gasteiger partial charge in [0.15, 0.2) is 0 Å². The SMILES string of the molecule is CC1CN(C(=O)c2ccc(NC(=O)c3cc(=O)[nH]n3C)cc2)CC(C)O1. The summed E-state index contributed by atoms with van der Waals surface area (Å²) in [7, 11) is 1.59. The highest BCUT2D eigenvalue weighted by atomic mass is 16.5. The van der Waals surface area contributed by atoms with E-state index in [0.29, 0.717) is 24.3 Å². The molecule has 1 fully saturated rings. The molecule has 2 heterocycles. The zero-order chi connectivity index (χ0) is 18.8. The van der Waals surface area contributed by atoms with Gasteiger partial charge in [-0.1, -0.05) is 0 Å². The van der Waals surface area contributed by atoms with Gasteiger partial charge >= 0.3 is 0 Å². The minimum atomic E-state index is -0.402. The molecule has 2 unspecified atom stereocenters. The summed E-state index contributed by atoms with van der Waals surface area (Å²) in [5.41, 5.74) is 0.987. The lowest BCUT2D eigenvalue weighted by Gasteiger charge is -2.35. The first kappa shape index (κ1) is 17.9. The summed E-state index contributed by atoms with van der Waals surface area (Å²) in [4.78, 5) is 37.9. The topological polar surface area (TPSA) is 96.4 Å². The highest BCUT2D eigenvalue weighted by Gasteiger charge is 2.26. The molecule has 0 aliphatic carbocycles. The summed E-state index contributed by atoms with van der Waals surface area (Å²) < 4.78 is 7.01. The van der Waals surface area contributed by atoms with Crippen molar-refractivity contribution < 1.29 is 14.3 Å². The van der Waals surface area contributed by atoms with Gasteiger partial charge in [0.25, 0.3) is 17.4 Å². The average Bonchev–Trinajstić information content (AvgIpc) is 2.92. The molecule has 1 aliphatic rings. The van der Waals surface area contributed by atoms with Crippen molar-refractivity contribution in [2.24, 2.45) is 7.05 Å². The normalized spacial score (nSPS) is 20.0. The van der Waals surface area contributed by atoms with Gasteiger partial charge in [-0.05, 0) is 38.1 Å². The Hall–Kier alpha value is -2.87. The highest BCUT2D eigenvalue weighted by molar-refractivity contribution is 6.03. The molecule has 1 aliphatic heterocycles. The number of nitrogens with one attached hydrogen (secondary N) is 2. The first-order chi connectivity index (χ1) is 12.3.